The van der Waals surface area contributed by atoms with Crippen LogP contribution in [0.5, 0.6) is 11.5 Å². The van der Waals surface area contributed by atoms with Crippen molar-refractivity contribution in [3.63, 3.8) is 0 Å². The summed E-state index contributed by atoms with van der Waals surface area (Å²) in [7, 11) is 0. The Bertz CT molecular complexity index is 533. The maximum absolute atomic E-state index is 5.81. The Kier molecular flexibility index (Phi) is 5.28. The lowest BCUT2D eigenvalue weighted by Crippen LogP contribution is -2.16. The summed E-state index contributed by atoms with van der Waals surface area (Å²) in [6, 6.07) is 5.89. The van der Waals surface area contributed by atoms with Crippen molar-refractivity contribution < 1.29 is 18.9 Å². The number of nitrogens with one attached hydrogen (secondary N) is 1. The van der Waals surface area contributed by atoms with Gasteiger partial charge in [0.15, 0.2) is 11.5 Å². The van der Waals surface area contributed by atoms with Crippen molar-refractivity contribution in [2.75, 3.05) is 39.6 Å². The van der Waals surface area contributed by atoms with Crippen LogP contribution in [0.4, 0.5) is 0 Å². The molecule has 6 heteroatoms. The van der Waals surface area contributed by atoms with Crippen LogP contribution in [0, 0.1) is 0 Å². The van der Waals surface area contributed by atoms with E-state index in [4.69, 9.17) is 18.9 Å². The standard InChI is InChI=1S/C16H20N2O4/c1-2-15-16(11-13(1)14-3-4-17-12-18-14)22-10-8-20-6-5-19-7-9-21-15/h1-4,11-12,14H,5-10H2,(H,17,18)/t14-/m1/s1. The summed E-state index contributed by atoms with van der Waals surface area (Å²) in [5.74, 6) is 1.43. The van der Waals surface area contributed by atoms with Gasteiger partial charge in [-0.2, -0.15) is 0 Å². The van der Waals surface area contributed by atoms with Crippen molar-refractivity contribution in [3.05, 3.63) is 36.0 Å². The average Bonchev–Trinajstić information content (AvgIpc) is 2.56. The third-order valence-electron chi connectivity index (χ3n) is 3.34. The molecule has 118 valence electrons. The molecule has 0 aromatic heterocycles. The summed E-state index contributed by atoms with van der Waals surface area (Å²) in [5, 5.41) is 2.93. The summed E-state index contributed by atoms with van der Waals surface area (Å²) in [6.45, 7) is 3.18. The van der Waals surface area contributed by atoms with Crippen molar-refractivity contribution >= 4 is 6.34 Å². The van der Waals surface area contributed by atoms with Gasteiger partial charge in [0.05, 0.1) is 38.8 Å². The van der Waals surface area contributed by atoms with Gasteiger partial charge in [-0.1, -0.05) is 6.07 Å². The molecule has 0 saturated heterocycles. The van der Waals surface area contributed by atoms with Gasteiger partial charge in [0.2, 0.25) is 0 Å². The first-order chi connectivity index (χ1) is 10.9. The Morgan fingerprint density at radius 3 is 2.36 bits per heavy atom. The summed E-state index contributed by atoms with van der Waals surface area (Å²) >= 11 is 0. The Morgan fingerprint density at radius 1 is 0.909 bits per heavy atom. The van der Waals surface area contributed by atoms with E-state index < -0.39 is 0 Å². The van der Waals surface area contributed by atoms with Crippen LogP contribution in [-0.4, -0.2) is 46.0 Å². The molecule has 0 saturated carbocycles. The van der Waals surface area contributed by atoms with Crippen molar-refractivity contribution in [2.45, 2.75) is 6.04 Å². The molecular weight excluding hydrogens is 284 g/mol. The Hall–Kier alpha value is -2.05. The quantitative estimate of drug-likeness (QED) is 0.855. The van der Waals surface area contributed by atoms with Gasteiger partial charge < -0.3 is 24.3 Å². The van der Waals surface area contributed by atoms with Crippen LogP contribution in [0.15, 0.2) is 35.5 Å². The van der Waals surface area contributed by atoms with Crippen LogP contribution >= 0.6 is 0 Å². The van der Waals surface area contributed by atoms with Crippen molar-refractivity contribution in [3.8, 4) is 11.5 Å². The molecule has 1 aromatic rings. The highest BCUT2D eigenvalue weighted by atomic mass is 16.6. The number of hydrogen-bond acceptors (Lipinski definition) is 6. The molecule has 0 fully saturated rings. The normalized spacial score (nSPS) is 22.3. The minimum atomic E-state index is -0.00360. The van der Waals surface area contributed by atoms with E-state index in [2.05, 4.69) is 10.3 Å². The van der Waals surface area contributed by atoms with Gasteiger partial charge in [0.25, 0.3) is 0 Å². The van der Waals surface area contributed by atoms with Crippen LogP contribution in [-0.2, 0) is 9.47 Å². The first-order valence-corrected chi connectivity index (χ1v) is 7.43. The zero-order valence-electron chi connectivity index (χ0n) is 12.4. The van der Waals surface area contributed by atoms with Gasteiger partial charge in [-0.15, -0.1) is 0 Å². The van der Waals surface area contributed by atoms with E-state index in [1.807, 2.05) is 30.5 Å². The van der Waals surface area contributed by atoms with E-state index in [1.165, 1.54) is 0 Å². The second-order valence-corrected chi connectivity index (χ2v) is 4.88. The van der Waals surface area contributed by atoms with E-state index in [0.717, 1.165) is 11.3 Å². The van der Waals surface area contributed by atoms with Crippen molar-refractivity contribution in [2.24, 2.45) is 4.99 Å². The van der Waals surface area contributed by atoms with Gasteiger partial charge in [-0.25, -0.2) is 0 Å². The summed E-state index contributed by atoms with van der Waals surface area (Å²) < 4.78 is 22.4. The van der Waals surface area contributed by atoms with Gasteiger partial charge in [-0.3, -0.25) is 4.99 Å². The molecule has 0 bridgehead atoms. The largest absolute Gasteiger partial charge is 0.487 e. The molecule has 1 atom stereocenters. The Morgan fingerprint density at radius 2 is 1.64 bits per heavy atom. The van der Waals surface area contributed by atoms with Gasteiger partial charge in [-0.05, 0) is 23.8 Å². The summed E-state index contributed by atoms with van der Waals surface area (Å²) in [4.78, 5) is 4.39. The molecule has 2 heterocycles. The number of fused-ring (bicyclic) bond motifs is 1. The first-order valence-electron chi connectivity index (χ1n) is 7.43. The number of ether oxygens (including phenoxy) is 4. The highest BCUT2D eigenvalue weighted by Crippen LogP contribution is 2.32. The predicted molar refractivity (Wildman–Crippen MR) is 82.6 cm³/mol. The maximum atomic E-state index is 5.81. The number of aliphatic imine (C=N–C) groups is 1. The average molecular weight is 304 g/mol. The molecule has 2 aliphatic rings. The summed E-state index contributed by atoms with van der Waals surface area (Å²) in [6.07, 6.45) is 5.56. The zero-order valence-corrected chi connectivity index (χ0v) is 12.4. The third kappa shape index (κ3) is 3.99. The van der Waals surface area contributed by atoms with E-state index in [0.29, 0.717) is 45.4 Å². The second-order valence-electron chi connectivity index (χ2n) is 4.88. The lowest BCUT2D eigenvalue weighted by atomic mass is 10.1. The molecule has 0 unspecified atom stereocenters. The summed E-state index contributed by atoms with van der Waals surface area (Å²) in [5.41, 5.74) is 1.06. The molecule has 0 amide bonds. The molecule has 1 N–H and O–H groups in total. The number of nitrogens with zero attached hydrogens (tertiary/aromatic N) is 1. The minimum absolute atomic E-state index is 0.00360. The lowest BCUT2D eigenvalue weighted by molar-refractivity contribution is 0.0223. The monoisotopic (exact) mass is 304 g/mol. The van der Waals surface area contributed by atoms with E-state index in [1.54, 1.807) is 6.34 Å². The van der Waals surface area contributed by atoms with Crippen LogP contribution in [0.25, 0.3) is 0 Å². The SMILES string of the molecule is C1=C[C@H](c2ccc3c(c2)OCCOCCOCCO3)N=CN1. The minimum Gasteiger partial charge on any atom is -0.487 e. The van der Waals surface area contributed by atoms with Gasteiger partial charge in [0, 0.05) is 6.20 Å². The fourth-order valence-corrected chi connectivity index (χ4v) is 2.24. The molecule has 22 heavy (non-hydrogen) atoms. The van der Waals surface area contributed by atoms with Crippen molar-refractivity contribution in [1.29, 1.82) is 0 Å². The molecule has 1 aromatic carbocycles. The van der Waals surface area contributed by atoms with Gasteiger partial charge in [0.1, 0.15) is 13.2 Å². The lowest BCUT2D eigenvalue weighted by Gasteiger charge is -2.18. The molecule has 2 aliphatic heterocycles. The fraction of sp³-hybridized carbons (Fsp3) is 0.438. The molecule has 6 nitrogen and oxygen atoms in total. The van der Waals surface area contributed by atoms with Crippen LogP contribution < -0.4 is 14.8 Å². The third-order valence-corrected chi connectivity index (χ3v) is 3.34. The molecule has 0 spiro atoms. The maximum Gasteiger partial charge on any atom is 0.161 e. The van der Waals surface area contributed by atoms with Gasteiger partial charge >= 0.3 is 0 Å². The number of benzene rings is 1. The highest BCUT2D eigenvalue weighted by molar-refractivity contribution is 5.59. The Labute approximate surface area is 129 Å². The highest BCUT2D eigenvalue weighted by Gasteiger charge is 2.13. The van der Waals surface area contributed by atoms with E-state index in [9.17, 15) is 0 Å². The second kappa shape index (κ2) is 7.82. The zero-order chi connectivity index (χ0) is 15.0. The van der Waals surface area contributed by atoms with Crippen molar-refractivity contribution in [1.82, 2.24) is 5.32 Å². The molecule has 0 radical (unpaired) electrons. The van der Waals surface area contributed by atoms with Crippen LogP contribution in [0.2, 0.25) is 0 Å². The smallest absolute Gasteiger partial charge is 0.161 e. The van der Waals surface area contributed by atoms with Crippen LogP contribution in [0.3, 0.4) is 0 Å². The van der Waals surface area contributed by atoms with E-state index in [-0.39, 0.29) is 6.04 Å². The predicted octanol–water partition coefficient (Wildman–Crippen LogP) is 1.68. The molecule has 0 aliphatic carbocycles. The number of rotatable bonds is 1. The van der Waals surface area contributed by atoms with Crippen LogP contribution in [0.1, 0.15) is 11.6 Å². The fourth-order valence-electron chi connectivity index (χ4n) is 2.24. The molecule has 3 rings (SSSR count). The number of hydrogen-bond donors (Lipinski definition) is 1. The Balaban J connectivity index is 1.76. The topological polar surface area (TPSA) is 61.3 Å². The molecular formula is C16H20N2O4. The first kappa shape index (κ1) is 14.9. The van der Waals surface area contributed by atoms with E-state index >= 15 is 0 Å².